The summed E-state index contributed by atoms with van der Waals surface area (Å²) in [5.74, 6) is 0. The molecule has 3 heterocycles. The molecule has 0 aromatic carbocycles. The third kappa shape index (κ3) is 2.71. The molecule has 3 N–H and O–H groups in total. The molecule has 2 aliphatic rings. The van der Waals surface area contributed by atoms with Crippen molar-refractivity contribution < 1.29 is 9.53 Å². The minimum Gasteiger partial charge on any atom is -0.375 e. The third-order valence-corrected chi connectivity index (χ3v) is 5.05. The Balaban J connectivity index is 1.36. The van der Waals surface area contributed by atoms with Crippen molar-refractivity contribution in [3.8, 4) is 0 Å². The largest absolute Gasteiger partial charge is 0.375 e. The molecule has 1 atom stereocenters. The number of amides is 2. The van der Waals surface area contributed by atoms with Crippen LogP contribution in [-0.2, 0) is 30.6 Å². The number of aromatic amines is 1. The van der Waals surface area contributed by atoms with Gasteiger partial charge in [0.25, 0.3) is 0 Å². The van der Waals surface area contributed by atoms with Gasteiger partial charge in [0.15, 0.2) is 5.13 Å². The van der Waals surface area contributed by atoms with Gasteiger partial charge < -0.3 is 10.1 Å². The topological polar surface area (TPSA) is 91.9 Å². The van der Waals surface area contributed by atoms with Crippen LogP contribution in [0.5, 0.6) is 0 Å². The number of carbonyl (C=O) groups excluding carboxylic acids is 1. The van der Waals surface area contributed by atoms with E-state index in [-0.39, 0.29) is 12.1 Å². The number of hydrogen-bond acceptors (Lipinski definition) is 5. The molecular formula is C14H17N5O2S. The number of H-pyrrole nitrogens is 1. The highest BCUT2D eigenvalue weighted by Gasteiger charge is 2.22. The zero-order chi connectivity index (χ0) is 14.9. The number of anilines is 1. The number of fused-ring (bicyclic) bond motifs is 2. The number of hydrogen-bond donors (Lipinski definition) is 3. The molecular weight excluding hydrogens is 302 g/mol. The Bertz CT molecular complexity index is 672. The van der Waals surface area contributed by atoms with Crippen LogP contribution in [0.15, 0.2) is 6.20 Å². The molecule has 22 heavy (non-hydrogen) atoms. The summed E-state index contributed by atoms with van der Waals surface area (Å²) in [6.07, 6.45) is 5.33. The van der Waals surface area contributed by atoms with E-state index in [2.05, 4.69) is 25.8 Å². The number of nitrogens with one attached hydrogen (secondary N) is 3. The van der Waals surface area contributed by atoms with Gasteiger partial charge in [-0.3, -0.25) is 10.4 Å². The van der Waals surface area contributed by atoms with Gasteiger partial charge in [-0.05, 0) is 24.8 Å². The number of urea groups is 1. The summed E-state index contributed by atoms with van der Waals surface area (Å²) in [4.78, 5) is 17.7. The van der Waals surface area contributed by atoms with Crippen molar-refractivity contribution in [2.45, 2.75) is 38.3 Å². The van der Waals surface area contributed by atoms with Gasteiger partial charge >= 0.3 is 6.03 Å². The van der Waals surface area contributed by atoms with Crippen LogP contribution < -0.4 is 10.6 Å². The second-order valence-corrected chi connectivity index (χ2v) is 6.69. The van der Waals surface area contributed by atoms with E-state index in [9.17, 15) is 4.79 Å². The number of carbonyl (C=O) groups is 1. The summed E-state index contributed by atoms with van der Waals surface area (Å²) >= 11 is 1.49. The number of nitrogens with zero attached hydrogens (tertiary/aromatic N) is 2. The van der Waals surface area contributed by atoms with Crippen molar-refractivity contribution in [1.29, 1.82) is 0 Å². The van der Waals surface area contributed by atoms with Gasteiger partial charge in [-0.1, -0.05) is 11.3 Å². The number of aryl methyl sites for hydroxylation is 1. The van der Waals surface area contributed by atoms with Crippen LogP contribution in [-0.4, -0.2) is 33.9 Å². The first-order valence-corrected chi connectivity index (χ1v) is 8.24. The molecule has 1 unspecified atom stereocenters. The molecule has 0 bridgehead atoms. The van der Waals surface area contributed by atoms with E-state index >= 15 is 0 Å². The Labute approximate surface area is 131 Å². The van der Waals surface area contributed by atoms with Crippen molar-refractivity contribution in [2.24, 2.45) is 0 Å². The molecule has 0 saturated carbocycles. The molecule has 4 rings (SSSR count). The lowest BCUT2D eigenvalue weighted by Gasteiger charge is -2.22. The second-order valence-electron chi connectivity index (χ2n) is 5.60. The van der Waals surface area contributed by atoms with E-state index in [0.29, 0.717) is 18.3 Å². The lowest BCUT2D eigenvalue weighted by atomic mass is 9.94. The van der Waals surface area contributed by atoms with Crippen LogP contribution in [0, 0.1) is 0 Å². The maximum absolute atomic E-state index is 12.1. The van der Waals surface area contributed by atoms with Crippen molar-refractivity contribution in [3.63, 3.8) is 0 Å². The maximum atomic E-state index is 12.1. The standard InChI is InChI=1S/C14H17N5O2S/c20-13(16-9-1-2-10-8(5-9)6-15-19-10)18-14-17-11-3-4-21-7-12(11)22-14/h6,9H,1-5,7H2,(H,15,19)(H2,16,17,18,20). The number of ether oxygens (including phenoxy) is 1. The highest BCUT2D eigenvalue weighted by Crippen LogP contribution is 2.27. The first-order valence-electron chi connectivity index (χ1n) is 7.43. The van der Waals surface area contributed by atoms with E-state index in [1.165, 1.54) is 22.6 Å². The molecule has 2 amide bonds. The van der Waals surface area contributed by atoms with Crippen molar-refractivity contribution >= 4 is 22.5 Å². The summed E-state index contributed by atoms with van der Waals surface area (Å²) in [5, 5.41) is 13.6. The Morgan fingerprint density at radius 1 is 1.45 bits per heavy atom. The predicted octanol–water partition coefficient (Wildman–Crippen LogP) is 1.62. The van der Waals surface area contributed by atoms with Crippen molar-refractivity contribution in [2.75, 3.05) is 11.9 Å². The molecule has 1 aliphatic heterocycles. The quantitative estimate of drug-likeness (QED) is 0.784. The van der Waals surface area contributed by atoms with Gasteiger partial charge in [-0.15, -0.1) is 0 Å². The van der Waals surface area contributed by atoms with E-state index in [4.69, 9.17) is 4.74 Å². The molecule has 0 saturated heterocycles. The van der Waals surface area contributed by atoms with Crippen LogP contribution in [0.25, 0.3) is 0 Å². The predicted molar refractivity (Wildman–Crippen MR) is 82.0 cm³/mol. The molecule has 2 aromatic heterocycles. The Kier molecular flexibility index (Phi) is 3.55. The van der Waals surface area contributed by atoms with Crippen LogP contribution in [0.4, 0.5) is 9.93 Å². The van der Waals surface area contributed by atoms with Crippen LogP contribution in [0.2, 0.25) is 0 Å². The van der Waals surface area contributed by atoms with Gasteiger partial charge in [0.1, 0.15) is 0 Å². The fraction of sp³-hybridized carbons (Fsp3) is 0.500. The minimum atomic E-state index is -0.191. The monoisotopic (exact) mass is 319 g/mol. The van der Waals surface area contributed by atoms with Gasteiger partial charge in [0.05, 0.1) is 30.0 Å². The smallest absolute Gasteiger partial charge is 0.321 e. The third-order valence-electron chi connectivity index (χ3n) is 4.07. The fourth-order valence-electron chi connectivity index (χ4n) is 2.94. The molecule has 2 aromatic rings. The SMILES string of the molecule is O=C(Nc1nc2c(s1)COCC2)NC1CCc2[nH]ncc2C1. The number of rotatable bonds is 2. The zero-order valence-corrected chi connectivity index (χ0v) is 12.8. The second kappa shape index (κ2) is 5.69. The molecule has 8 heteroatoms. The molecule has 1 aliphatic carbocycles. The summed E-state index contributed by atoms with van der Waals surface area (Å²) < 4.78 is 5.39. The van der Waals surface area contributed by atoms with Crippen molar-refractivity contribution in [1.82, 2.24) is 20.5 Å². The summed E-state index contributed by atoms with van der Waals surface area (Å²) in [6.45, 7) is 1.31. The molecule has 7 nitrogen and oxygen atoms in total. The fourth-order valence-corrected chi connectivity index (χ4v) is 3.88. The lowest BCUT2D eigenvalue weighted by Crippen LogP contribution is -2.41. The van der Waals surface area contributed by atoms with E-state index in [0.717, 1.165) is 36.3 Å². The Morgan fingerprint density at radius 2 is 2.41 bits per heavy atom. The summed E-state index contributed by atoms with van der Waals surface area (Å²) in [7, 11) is 0. The first kappa shape index (κ1) is 13.7. The molecule has 0 fully saturated rings. The lowest BCUT2D eigenvalue weighted by molar-refractivity contribution is 0.112. The van der Waals surface area contributed by atoms with Crippen LogP contribution in [0.1, 0.15) is 28.2 Å². The van der Waals surface area contributed by atoms with Crippen LogP contribution >= 0.6 is 11.3 Å². The van der Waals surface area contributed by atoms with Gasteiger partial charge in [0.2, 0.25) is 0 Å². The van der Waals surface area contributed by atoms with Gasteiger partial charge in [-0.25, -0.2) is 9.78 Å². The first-order chi connectivity index (χ1) is 10.8. The Hall–Kier alpha value is -1.93. The highest BCUT2D eigenvalue weighted by atomic mass is 32.1. The van der Waals surface area contributed by atoms with E-state index < -0.39 is 0 Å². The Morgan fingerprint density at radius 3 is 3.32 bits per heavy atom. The van der Waals surface area contributed by atoms with Crippen molar-refractivity contribution in [3.05, 3.63) is 28.0 Å². The average Bonchev–Trinajstić information content (AvgIpc) is 3.11. The highest BCUT2D eigenvalue weighted by molar-refractivity contribution is 7.15. The minimum absolute atomic E-state index is 0.142. The van der Waals surface area contributed by atoms with Gasteiger partial charge in [0, 0.05) is 18.2 Å². The molecule has 116 valence electrons. The molecule has 0 radical (unpaired) electrons. The van der Waals surface area contributed by atoms with E-state index in [1.807, 2.05) is 6.20 Å². The number of thiazole rings is 1. The summed E-state index contributed by atoms with van der Waals surface area (Å²) in [5.41, 5.74) is 3.43. The average molecular weight is 319 g/mol. The number of aromatic nitrogens is 3. The van der Waals surface area contributed by atoms with E-state index in [1.54, 1.807) is 0 Å². The zero-order valence-electron chi connectivity index (χ0n) is 12.0. The molecule has 0 spiro atoms. The summed E-state index contributed by atoms with van der Waals surface area (Å²) in [6, 6.07) is -0.0491. The van der Waals surface area contributed by atoms with Crippen LogP contribution in [0.3, 0.4) is 0 Å². The van der Waals surface area contributed by atoms with Gasteiger partial charge in [-0.2, -0.15) is 5.10 Å². The maximum Gasteiger partial charge on any atom is 0.321 e. The normalized spacial score (nSPS) is 20.1.